The molecule has 0 bridgehead atoms. The fourth-order valence-corrected chi connectivity index (χ4v) is 1.89. The Kier molecular flexibility index (Phi) is 3.38. The minimum Gasteiger partial charge on any atom is -0.497 e. The molecule has 2 N–H and O–H groups in total. The molecule has 0 atom stereocenters. The van der Waals surface area contributed by atoms with Crippen molar-refractivity contribution in [3.8, 4) is 5.75 Å². The summed E-state index contributed by atoms with van der Waals surface area (Å²) in [6.45, 7) is 2.58. The lowest BCUT2D eigenvalue weighted by atomic mass is 10.2. The van der Waals surface area contributed by atoms with Crippen LogP contribution < -0.4 is 10.5 Å². The first-order chi connectivity index (χ1) is 8.11. The van der Waals surface area contributed by atoms with Gasteiger partial charge in [-0.05, 0) is 40.5 Å². The summed E-state index contributed by atoms with van der Waals surface area (Å²) < 4.78 is 7.76. The van der Waals surface area contributed by atoms with Gasteiger partial charge in [0.15, 0.2) is 0 Å². The van der Waals surface area contributed by atoms with E-state index in [1.54, 1.807) is 11.8 Å². The van der Waals surface area contributed by atoms with E-state index in [2.05, 4.69) is 21.0 Å². The number of ether oxygens (including phenoxy) is 1. The summed E-state index contributed by atoms with van der Waals surface area (Å²) in [5, 5.41) is 4.36. The van der Waals surface area contributed by atoms with Crippen LogP contribution in [0.1, 0.15) is 11.3 Å². The normalized spacial score (nSPS) is 10.5. The third kappa shape index (κ3) is 2.44. The molecular formula is C12H14BrN3O. The van der Waals surface area contributed by atoms with Gasteiger partial charge in [0, 0.05) is 0 Å². The summed E-state index contributed by atoms with van der Waals surface area (Å²) in [7, 11) is 1.65. The molecule has 0 radical (unpaired) electrons. The Labute approximate surface area is 109 Å². The van der Waals surface area contributed by atoms with Crippen molar-refractivity contribution in [2.45, 2.75) is 13.5 Å². The summed E-state index contributed by atoms with van der Waals surface area (Å²) in [6, 6.07) is 7.86. The van der Waals surface area contributed by atoms with Gasteiger partial charge < -0.3 is 10.5 Å². The zero-order chi connectivity index (χ0) is 12.4. The minimum atomic E-state index is 0.651. The Morgan fingerprint density at radius 3 is 2.47 bits per heavy atom. The number of nitrogen functional groups attached to an aromatic ring is 1. The number of aryl methyl sites for hydroxylation is 1. The van der Waals surface area contributed by atoms with Crippen LogP contribution in [0.4, 0.5) is 5.82 Å². The first-order valence-corrected chi connectivity index (χ1v) is 6.02. The van der Waals surface area contributed by atoms with Gasteiger partial charge in [0.25, 0.3) is 0 Å². The molecule has 90 valence electrons. The maximum Gasteiger partial charge on any atom is 0.136 e. The van der Waals surface area contributed by atoms with Crippen LogP contribution in [0.3, 0.4) is 0 Å². The SMILES string of the molecule is COc1ccc(Cn2nc(C)c(Br)c2N)cc1. The fourth-order valence-electron chi connectivity index (χ4n) is 1.60. The number of nitrogens with zero attached hydrogens (tertiary/aromatic N) is 2. The van der Waals surface area contributed by atoms with Gasteiger partial charge in [0.05, 0.1) is 23.8 Å². The number of halogens is 1. The second-order valence-corrected chi connectivity index (χ2v) is 4.58. The van der Waals surface area contributed by atoms with E-state index in [1.807, 2.05) is 31.2 Å². The van der Waals surface area contributed by atoms with E-state index in [-0.39, 0.29) is 0 Å². The third-order valence-corrected chi connectivity index (χ3v) is 3.56. The van der Waals surface area contributed by atoms with Crippen molar-refractivity contribution in [3.63, 3.8) is 0 Å². The number of anilines is 1. The van der Waals surface area contributed by atoms with Crippen LogP contribution in [0.2, 0.25) is 0 Å². The van der Waals surface area contributed by atoms with Gasteiger partial charge in [-0.15, -0.1) is 0 Å². The lowest BCUT2D eigenvalue weighted by Crippen LogP contribution is -2.06. The Morgan fingerprint density at radius 1 is 1.35 bits per heavy atom. The summed E-state index contributed by atoms with van der Waals surface area (Å²) in [5.74, 6) is 1.50. The van der Waals surface area contributed by atoms with Gasteiger partial charge in [-0.1, -0.05) is 12.1 Å². The number of methoxy groups -OCH3 is 1. The fraction of sp³-hybridized carbons (Fsp3) is 0.250. The first-order valence-electron chi connectivity index (χ1n) is 5.23. The minimum absolute atomic E-state index is 0.651. The molecule has 0 spiro atoms. The van der Waals surface area contributed by atoms with Crippen molar-refractivity contribution in [2.24, 2.45) is 0 Å². The first kappa shape index (κ1) is 12.0. The zero-order valence-electron chi connectivity index (χ0n) is 9.77. The van der Waals surface area contributed by atoms with Crippen LogP contribution in [0.15, 0.2) is 28.7 Å². The Balaban J connectivity index is 2.22. The monoisotopic (exact) mass is 295 g/mol. The second-order valence-electron chi connectivity index (χ2n) is 3.79. The summed E-state index contributed by atoms with van der Waals surface area (Å²) in [4.78, 5) is 0. The zero-order valence-corrected chi connectivity index (χ0v) is 11.4. The summed E-state index contributed by atoms with van der Waals surface area (Å²) in [5.41, 5.74) is 7.97. The quantitative estimate of drug-likeness (QED) is 0.947. The van der Waals surface area contributed by atoms with Crippen molar-refractivity contribution in [3.05, 3.63) is 40.0 Å². The van der Waals surface area contributed by atoms with E-state index >= 15 is 0 Å². The largest absolute Gasteiger partial charge is 0.497 e. The van der Waals surface area contributed by atoms with Gasteiger partial charge in [-0.25, -0.2) is 4.68 Å². The molecule has 2 rings (SSSR count). The predicted molar refractivity (Wildman–Crippen MR) is 71.2 cm³/mol. The lowest BCUT2D eigenvalue weighted by molar-refractivity contribution is 0.414. The molecule has 0 aliphatic carbocycles. The highest BCUT2D eigenvalue weighted by Gasteiger charge is 2.09. The van der Waals surface area contributed by atoms with Gasteiger partial charge in [-0.3, -0.25) is 0 Å². The highest BCUT2D eigenvalue weighted by atomic mass is 79.9. The Hall–Kier alpha value is -1.49. The highest BCUT2D eigenvalue weighted by Crippen LogP contribution is 2.23. The Bertz CT molecular complexity index is 519. The standard InChI is InChI=1S/C12H14BrN3O/c1-8-11(13)12(14)16(15-8)7-9-3-5-10(17-2)6-4-9/h3-6H,7,14H2,1-2H3. The molecule has 0 saturated heterocycles. The van der Waals surface area contributed by atoms with Crippen LogP contribution in [0.5, 0.6) is 5.75 Å². The molecule has 5 heteroatoms. The molecule has 17 heavy (non-hydrogen) atoms. The molecule has 1 heterocycles. The molecule has 0 aliphatic rings. The van der Waals surface area contributed by atoms with E-state index in [0.717, 1.165) is 21.5 Å². The van der Waals surface area contributed by atoms with Crippen molar-refractivity contribution >= 4 is 21.7 Å². The van der Waals surface area contributed by atoms with Crippen LogP contribution in [-0.4, -0.2) is 16.9 Å². The summed E-state index contributed by atoms with van der Waals surface area (Å²) >= 11 is 3.41. The van der Waals surface area contributed by atoms with Crippen molar-refractivity contribution in [1.29, 1.82) is 0 Å². The van der Waals surface area contributed by atoms with E-state index in [0.29, 0.717) is 12.4 Å². The number of aromatic nitrogens is 2. The molecule has 0 saturated carbocycles. The smallest absolute Gasteiger partial charge is 0.136 e. The van der Waals surface area contributed by atoms with Crippen LogP contribution in [-0.2, 0) is 6.54 Å². The average molecular weight is 296 g/mol. The molecule has 2 aromatic rings. The predicted octanol–water partition coefficient (Wildman–Crippen LogP) is 2.59. The third-order valence-electron chi connectivity index (χ3n) is 2.58. The number of benzene rings is 1. The average Bonchev–Trinajstić information content (AvgIpc) is 2.58. The molecule has 1 aromatic heterocycles. The van der Waals surface area contributed by atoms with E-state index in [9.17, 15) is 0 Å². The van der Waals surface area contributed by atoms with Gasteiger partial charge >= 0.3 is 0 Å². The molecule has 1 aromatic carbocycles. The second kappa shape index (κ2) is 4.79. The highest BCUT2D eigenvalue weighted by molar-refractivity contribution is 9.10. The van der Waals surface area contributed by atoms with Crippen LogP contribution in [0, 0.1) is 6.92 Å². The van der Waals surface area contributed by atoms with E-state index in [1.165, 1.54) is 0 Å². The molecule has 4 nitrogen and oxygen atoms in total. The van der Waals surface area contributed by atoms with Crippen LogP contribution in [0.25, 0.3) is 0 Å². The maximum atomic E-state index is 5.94. The number of rotatable bonds is 3. The molecule has 0 amide bonds. The van der Waals surface area contributed by atoms with E-state index < -0.39 is 0 Å². The summed E-state index contributed by atoms with van der Waals surface area (Å²) in [6.07, 6.45) is 0. The van der Waals surface area contributed by atoms with Crippen molar-refractivity contribution < 1.29 is 4.74 Å². The molecular weight excluding hydrogens is 282 g/mol. The maximum absolute atomic E-state index is 5.94. The van der Waals surface area contributed by atoms with Crippen molar-refractivity contribution in [1.82, 2.24) is 9.78 Å². The van der Waals surface area contributed by atoms with Crippen molar-refractivity contribution in [2.75, 3.05) is 12.8 Å². The number of nitrogens with two attached hydrogens (primary N) is 1. The Morgan fingerprint density at radius 2 is 2.00 bits per heavy atom. The number of hydrogen-bond donors (Lipinski definition) is 1. The van der Waals surface area contributed by atoms with Gasteiger partial charge in [-0.2, -0.15) is 5.10 Å². The number of hydrogen-bond acceptors (Lipinski definition) is 3. The molecule has 0 unspecified atom stereocenters. The van der Waals surface area contributed by atoms with Gasteiger partial charge in [0.1, 0.15) is 11.6 Å². The molecule has 0 fully saturated rings. The molecule has 0 aliphatic heterocycles. The van der Waals surface area contributed by atoms with E-state index in [4.69, 9.17) is 10.5 Å². The van der Waals surface area contributed by atoms with Gasteiger partial charge in [0.2, 0.25) is 0 Å². The lowest BCUT2D eigenvalue weighted by Gasteiger charge is -2.05. The van der Waals surface area contributed by atoms with Crippen LogP contribution >= 0.6 is 15.9 Å². The topological polar surface area (TPSA) is 53.1 Å².